The first-order chi connectivity index (χ1) is 6.93. The van der Waals surface area contributed by atoms with Gasteiger partial charge in [0.2, 0.25) is 0 Å². The fraction of sp³-hybridized carbons (Fsp3) is 0.750. The predicted molar refractivity (Wildman–Crippen MR) is 58.5 cm³/mol. The summed E-state index contributed by atoms with van der Waals surface area (Å²) in [5.41, 5.74) is -0.441. The van der Waals surface area contributed by atoms with E-state index in [1.54, 1.807) is 6.08 Å². The topological polar surface area (TPSA) is 38.8 Å². The molecule has 0 spiro atoms. The Morgan fingerprint density at radius 3 is 2.67 bits per heavy atom. The van der Waals surface area contributed by atoms with E-state index in [9.17, 15) is 4.79 Å². The molecule has 1 aliphatic heterocycles. The van der Waals surface area contributed by atoms with E-state index in [-0.39, 0.29) is 18.2 Å². The number of rotatable bonds is 5. The summed E-state index contributed by atoms with van der Waals surface area (Å²) in [4.78, 5) is 11.7. The number of carbonyl (C=O) groups is 1. The van der Waals surface area contributed by atoms with Crippen molar-refractivity contribution in [2.75, 3.05) is 6.61 Å². The van der Waals surface area contributed by atoms with Crippen LogP contribution in [0.4, 0.5) is 0 Å². The van der Waals surface area contributed by atoms with E-state index in [1.807, 2.05) is 20.8 Å². The molecule has 1 saturated heterocycles. The van der Waals surface area contributed by atoms with Crippen molar-refractivity contribution in [1.82, 2.24) is 0 Å². The van der Waals surface area contributed by atoms with Gasteiger partial charge in [-0.05, 0) is 20.8 Å². The number of epoxide rings is 1. The lowest BCUT2D eigenvalue weighted by Crippen LogP contribution is -2.28. The quantitative estimate of drug-likeness (QED) is 0.399. The maximum absolute atomic E-state index is 11.7. The molecule has 0 unspecified atom stereocenters. The van der Waals surface area contributed by atoms with Gasteiger partial charge in [0.1, 0.15) is 6.10 Å². The molecule has 1 heterocycles. The maximum Gasteiger partial charge on any atom is 0.311 e. The minimum absolute atomic E-state index is 0.0817. The van der Waals surface area contributed by atoms with Crippen molar-refractivity contribution in [2.45, 2.75) is 45.8 Å². The lowest BCUT2D eigenvalue weighted by atomic mass is 9.97. The van der Waals surface area contributed by atoms with E-state index in [4.69, 9.17) is 9.47 Å². The third kappa shape index (κ3) is 4.47. The van der Waals surface area contributed by atoms with E-state index >= 15 is 0 Å². The summed E-state index contributed by atoms with van der Waals surface area (Å²) in [5.74, 6) is -0.157. The smallest absolute Gasteiger partial charge is 0.311 e. The van der Waals surface area contributed by atoms with Gasteiger partial charge in [-0.25, -0.2) is 0 Å². The highest BCUT2D eigenvalue weighted by Crippen LogP contribution is 2.23. The molecule has 3 heteroatoms. The molecule has 0 aromatic carbocycles. The summed E-state index contributed by atoms with van der Waals surface area (Å²) in [6.07, 6.45) is 3.46. The van der Waals surface area contributed by atoms with Gasteiger partial charge in [-0.2, -0.15) is 0 Å². The van der Waals surface area contributed by atoms with Crippen LogP contribution in [0.3, 0.4) is 0 Å². The van der Waals surface area contributed by atoms with Crippen molar-refractivity contribution in [3.8, 4) is 0 Å². The van der Waals surface area contributed by atoms with Gasteiger partial charge >= 0.3 is 5.97 Å². The Morgan fingerprint density at radius 2 is 2.27 bits per heavy atom. The van der Waals surface area contributed by atoms with Crippen molar-refractivity contribution in [3.63, 3.8) is 0 Å². The van der Waals surface area contributed by atoms with Gasteiger partial charge in [-0.15, -0.1) is 6.58 Å². The lowest BCUT2D eigenvalue weighted by molar-refractivity contribution is -0.158. The molecule has 1 fully saturated rings. The van der Waals surface area contributed by atoms with E-state index in [2.05, 4.69) is 6.58 Å². The number of esters is 1. The van der Waals surface area contributed by atoms with Crippen LogP contribution in [0.15, 0.2) is 12.7 Å². The van der Waals surface area contributed by atoms with Crippen molar-refractivity contribution >= 4 is 5.97 Å². The predicted octanol–water partition coefficient (Wildman–Crippen LogP) is 2.31. The van der Waals surface area contributed by atoms with E-state index < -0.39 is 5.41 Å². The molecule has 86 valence electrons. The molecule has 0 amide bonds. The van der Waals surface area contributed by atoms with Crippen LogP contribution < -0.4 is 0 Å². The van der Waals surface area contributed by atoms with Crippen LogP contribution in [0.1, 0.15) is 33.6 Å². The first-order valence-electron chi connectivity index (χ1n) is 5.37. The van der Waals surface area contributed by atoms with Crippen LogP contribution in [0.25, 0.3) is 0 Å². The Labute approximate surface area is 91.4 Å². The Kier molecular flexibility index (Phi) is 3.91. The van der Waals surface area contributed by atoms with Gasteiger partial charge in [0.05, 0.1) is 18.1 Å². The fourth-order valence-corrected chi connectivity index (χ4v) is 1.20. The summed E-state index contributed by atoms with van der Waals surface area (Å²) >= 11 is 0. The van der Waals surface area contributed by atoms with Crippen LogP contribution in [0.2, 0.25) is 0 Å². The second-order valence-corrected chi connectivity index (χ2v) is 4.99. The zero-order chi connectivity index (χ0) is 11.5. The van der Waals surface area contributed by atoms with E-state index in [0.29, 0.717) is 6.42 Å². The van der Waals surface area contributed by atoms with Crippen molar-refractivity contribution in [1.29, 1.82) is 0 Å². The van der Waals surface area contributed by atoms with Crippen molar-refractivity contribution < 1.29 is 14.3 Å². The molecule has 0 radical (unpaired) electrons. The normalized spacial score (nSPS) is 21.9. The molecule has 2 atom stereocenters. The van der Waals surface area contributed by atoms with Gasteiger partial charge < -0.3 is 9.47 Å². The maximum atomic E-state index is 11.7. The molecule has 0 aromatic heterocycles. The fourth-order valence-electron chi connectivity index (χ4n) is 1.20. The van der Waals surface area contributed by atoms with Crippen molar-refractivity contribution in [3.05, 3.63) is 12.7 Å². The SMILES string of the molecule is C=CC[C@@H](C[C@@H]1CO1)OC(=O)C(C)(C)C. The first kappa shape index (κ1) is 12.2. The second kappa shape index (κ2) is 4.79. The molecule has 3 nitrogen and oxygen atoms in total. The van der Waals surface area contributed by atoms with Gasteiger partial charge in [0.15, 0.2) is 0 Å². The number of ether oxygens (including phenoxy) is 2. The summed E-state index contributed by atoms with van der Waals surface area (Å²) in [6.45, 7) is 10.0. The highest BCUT2D eigenvalue weighted by atomic mass is 16.6. The van der Waals surface area contributed by atoms with Crippen LogP contribution in [0.5, 0.6) is 0 Å². The largest absolute Gasteiger partial charge is 0.462 e. The average Bonchev–Trinajstić information content (AvgIpc) is 2.86. The van der Waals surface area contributed by atoms with Gasteiger partial charge in [0.25, 0.3) is 0 Å². The van der Waals surface area contributed by atoms with E-state index in [1.165, 1.54) is 0 Å². The molecule has 1 aliphatic rings. The minimum Gasteiger partial charge on any atom is -0.462 e. The second-order valence-electron chi connectivity index (χ2n) is 4.99. The third-order valence-electron chi connectivity index (χ3n) is 2.24. The van der Waals surface area contributed by atoms with Gasteiger partial charge in [-0.1, -0.05) is 6.08 Å². The van der Waals surface area contributed by atoms with Crippen molar-refractivity contribution in [2.24, 2.45) is 5.41 Å². The van der Waals surface area contributed by atoms with Crippen LogP contribution in [-0.2, 0) is 14.3 Å². The number of carbonyl (C=O) groups excluding carboxylic acids is 1. The molecule has 0 N–H and O–H groups in total. The molecule has 0 bridgehead atoms. The number of hydrogen-bond acceptors (Lipinski definition) is 3. The Morgan fingerprint density at radius 1 is 1.67 bits per heavy atom. The molecule has 15 heavy (non-hydrogen) atoms. The molecule has 0 saturated carbocycles. The van der Waals surface area contributed by atoms with Crippen LogP contribution in [-0.4, -0.2) is 24.8 Å². The molecule has 1 rings (SSSR count). The van der Waals surface area contributed by atoms with Gasteiger partial charge in [-0.3, -0.25) is 4.79 Å². The lowest BCUT2D eigenvalue weighted by Gasteiger charge is -2.22. The highest BCUT2D eigenvalue weighted by Gasteiger charge is 2.31. The molecule has 0 aromatic rings. The highest BCUT2D eigenvalue weighted by molar-refractivity contribution is 5.75. The zero-order valence-electron chi connectivity index (χ0n) is 9.79. The Bertz CT molecular complexity index is 236. The number of hydrogen-bond donors (Lipinski definition) is 0. The summed E-state index contributed by atoms with van der Waals surface area (Å²) in [6, 6.07) is 0. The third-order valence-corrected chi connectivity index (χ3v) is 2.24. The summed E-state index contributed by atoms with van der Waals surface area (Å²) in [5, 5.41) is 0. The minimum atomic E-state index is -0.441. The van der Waals surface area contributed by atoms with Gasteiger partial charge in [0, 0.05) is 12.8 Å². The monoisotopic (exact) mass is 212 g/mol. The van der Waals surface area contributed by atoms with E-state index in [0.717, 1.165) is 13.0 Å². The Hall–Kier alpha value is -0.830. The van der Waals surface area contributed by atoms with Crippen LogP contribution >= 0.6 is 0 Å². The standard InChI is InChI=1S/C12H20O3/c1-5-6-9(7-10-8-14-10)15-11(13)12(2,3)4/h5,9-10H,1,6-8H2,2-4H3/t9-,10+/m0/s1. The Balaban J connectivity index is 2.41. The average molecular weight is 212 g/mol. The zero-order valence-corrected chi connectivity index (χ0v) is 9.79. The first-order valence-corrected chi connectivity index (χ1v) is 5.37. The summed E-state index contributed by atoms with van der Waals surface area (Å²) in [7, 11) is 0. The molecular weight excluding hydrogens is 192 g/mol. The molecular formula is C12H20O3. The molecule has 0 aliphatic carbocycles. The summed E-state index contributed by atoms with van der Waals surface area (Å²) < 4.78 is 10.5. The van der Waals surface area contributed by atoms with Crippen LogP contribution in [0, 0.1) is 5.41 Å².